The lowest BCUT2D eigenvalue weighted by atomic mass is 9.88. The first-order valence-electron chi connectivity index (χ1n) is 6.76. The van der Waals surface area contributed by atoms with Crippen molar-refractivity contribution in [3.8, 4) is 0 Å². The van der Waals surface area contributed by atoms with Gasteiger partial charge in [0.25, 0.3) is 0 Å². The SMILES string of the molecule is CC(N)c1ccc(C(F)C2CCN(C)CC2)cc1. The van der Waals surface area contributed by atoms with Gasteiger partial charge >= 0.3 is 0 Å². The molecule has 1 aromatic carbocycles. The fourth-order valence-electron chi connectivity index (χ4n) is 2.58. The molecule has 0 amide bonds. The van der Waals surface area contributed by atoms with E-state index in [-0.39, 0.29) is 12.0 Å². The standard InChI is InChI=1S/C15H23FN2/c1-11(17)12-3-5-13(6-4-12)15(16)14-7-9-18(2)10-8-14/h3-6,11,14-15H,7-10,17H2,1-2H3. The van der Waals surface area contributed by atoms with E-state index in [2.05, 4.69) is 11.9 Å². The number of likely N-dealkylation sites (tertiary alicyclic amines) is 1. The van der Waals surface area contributed by atoms with Crippen LogP contribution in [0, 0.1) is 5.92 Å². The van der Waals surface area contributed by atoms with Crippen molar-refractivity contribution in [1.82, 2.24) is 4.90 Å². The van der Waals surface area contributed by atoms with Crippen molar-refractivity contribution in [3.05, 3.63) is 35.4 Å². The highest BCUT2D eigenvalue weighted by atomic mass is 19.1. The molecule has 100 valence electrons. The molecule has 0 aliphatic carbocycles. The lowest BCUT2D eigenvalue weighted by molar-refractivity contribution is 0.137. The molecule has 2 rings (SSSR count). The fraction of sp³-hybridized carbons (Fsp3) is 0.600. The molecular formula is C15H23FN2. The van der Waals surface area contributed by atoms with Crippen molar-refractivity contribution in [2.24, 2.45) is 11.7 Å². The van der Waals surface area contributed by atoms with Gasteiger partial charge < -0.3 is 10.6 Å². The number of nitrogens with zero attached hydrogens (tertiary/aromatic N) is 1. The molecule has 1 saturated heterocycles. The number of halogens is 1. The summed E-state index contributed by atoms with van der Waals surface area (Å²) in [6.45, 7) is 3.95. The molecule has 2 nitrogen and oxygen atoms in total. The van der Waals surface area contributed by atoms with Crippen molar-refractivity contribution in [1.29, 1.82) is 0 Å². The van der Waals surface area contributed by atoms with Crippen LogP contribution in [0.4, 0.5) is 4.39 Å². The van der Waals surface area contributed by atoms with Crippen molar-refractivity contribution < 1.29 is 4.39 Å². The zero-order valence-corrected chi connectivity index (χ0v) is 11.3. The molecule has 1 heterocycles. The van der Waals surface area contributed by atoms with Gasteiger partial charge in [-0.15, -0.1) is 0 Å². The molecular weight excluding hydrogens is 227 g/mol. The number of alkyl halides is 1. The largest absolute Gasteiger partial charge is 0.324 e. The fourth-order valence-corrected chi connectivity index (χ4v) is 2.58. The second-order valence-corrected chi connectivity index (χ2v) is 5.50. The lowest BCUT2D eigenvalue weighted by Crippen LogP contribution is -2.31. The highest BCUT2D eigenvalue weighted by molar-refractivity contribution is 5.26. The maximum atomic E-state index is 14.4. The van der Waals surface area contributed by atoms with Crippen molar-refractivity contribution >= 4 is 0 Å². The van der Waals surface area contributed by atoms with Gasteiger partial charge in [0.05, 0.1) is 0 Å². The van der Waals surface area contributed by atoms with E-state index in [0.29, 0.717) is 0 Å². The highest BCUT2D eigenvalue weighted by Gasteiger charge is 2.26. The molecule has 0 bridgehead atoms. The molecule has 2 unspecified atom stereocenters. The van der Waals surface area contributed by atoms with Gasteiger partial charge in [-0.25, -0.2) is 4.39 Å². The minimum absolute atomic E-state index is 0.0143. The predicted octanol–water partition coefficient (Wildman–Crippen LogP) is 3.06. The molecule has 18 heavy (non-hydrogen) atoms. The van der Waals surface area contributed by atoms with Crippen LogP contribution in [0.15, 0.2) is 24.3 Å². The van der Waals surface area contributed by atoms with E-state index in [1.807, 2.05) is 31.2 Å². The van der Waals surface area contributed by atoms with Crippen molar-refractivity contribution in [2.45, 2.75) is 32.0 Å². The van der Waals surface area contributed by atoms with E-state index < -0.39 is 6.17 Å². The van der Waals surface area contributed by atoms with E-state index in [1.165, 1.54) is 0 Å². The normalized spacial score (nSPS) is 21.8. The van der Waals surface area contributed by atoms with Crippen LogP contribution in [0.5, 0.6) is 0 Å². The summed E-state index contributed by atoms with van der Waals surface area (Å²) in [6, 6.07) is 7.69. The molecule has 0 spiro atoms. The van der Waals surface area contributed by atoms with Crippen LogP contribution < -0.4 is 5.73 Å². The Hall–Kier alpha value is -0.930. The van der Waals surface area contributed by atoms with Crippen LogP contribution in [0.1, 0.15) is 43.1 Å². The topological polar surface area (TPSA) is 29.3 Å². The number of hydrogen-bond donors (Lipinski definition) is 1. The third-order valence-corrected chi connectivity index (χ3v) is 3.96. The molecule has 0 aromatic heterocycles. The summed E-state index contributed by atoms with van der Waals surface area (Å²) in [4.78, 5) is 2.27. The maximum Gasteiger partial charge on any atom is 0.128 e. The quantitative estimate of drug-likeness (QED) is 0.893. The van der Waals surface area contributed by atoms with Crippen LogP contribution in [0.3, 0.4) is 0 Å². The number of nitrogens with two attached hydrogens (primary N) is 1. The molecule has 2 atom stereocenters. The minimum Gasteiger partial charge on any atom is -0.324 e. The Kier molecular flexibility index (Phi) is 4.36. The zero-order chi connectivity index (χ0) is 13.1. The smallest absolute Gasteiger partial charge is 0.128 e. The zero-order valence-electron chi connectivity index (χ0n) is 11.3. The van der Waals surface area contributed by atoms with E-state index in [1.54, 1.807) is 0 Å². The van der Waals surface area contributed by atoms with Crippen molar-refractivity contribution in [3.63, 3.8) is 0 Å². The molecule has 0 radical (unpaired) electrons. The third kappa shape index (κ3) is 3.09. The second-order valence-electron chi connectivity index (χ2n) is 5.50. The molecule has 1 fully saturated rings. The maximum absolute atomic E-state index is 14.4. The summed E-state index contributed by atoms with van der Waals surface area (Å²) in [6.07, 6.45) is 1.07. The predicted molar refractivity (Wildman–Crippen MR) is 73.1 cm³/mol. The first-order valence-corrected chi connectivity index (χ1v) is 6.76. The summed E-state index contributed by atoms with van der Waals surface area (Å²) in [5.74, 6) is 0.169. The number of piperidine rings is 1. The highest BCUT2D eigenvalue weighted by Crippen LogP contribution is 2.33. The second kappa shape index (κ2) is 5.81. The average Bonchev–Trinajstić information content (AvgIpc) is 2.39. The van der Waals surface area contributed by atoms with Gasteiger partial charge in [-0.1, -0.05) is 24.3 Å². The molecule has 3 heteroatoms. The first kappa shape index (κ1) is 13.5. The molecule has 1 aliphatic heterocycles. The van der Waals surface area contributed by atoms with Gasteiger partial charge in [0.15, 0.2) is 0 Å². The number of rotatable bonds is 3. The van der Waals surface area contributed by atoms with E-state index in [0.717, 1.165) is 37.1 Å². The van der Waals surface area contributed by atoms with Crippen LogP contribution in [0.25, 0.3) is 0 Å². The number of hydrogen-bond acceptors (Lipinski definition) is 2. The van der Waals surface area contributed by atoms with Gasteiger partial charge in [0.2, 0.25) is 0 Å². The monoisotopic (exact) mass is 250 g/mol. The van der Waals surface area contributed by atoms with Gasteiger partial charge in [-0.2, -0.15) is 0 Å². The average molecular weight is 250 g/mol. The molecule has 0 saturated carbocycles. The van der Waals surface area contributed by atoms with E-state index >= 15 is 0 Å². The van der Waals surface area contributed by atoms with Crippen LogP contribution in [0.2, 0.25) is 0 Å². The summed E-state index contributed by atoms with van der Waals surface area (Å²) >= 11 is 0. The Morgan fingerprint density at radius 3 is 2.17 bits per heavy atom. The molecule has 1 aromatic rings. The molecule has 1 aliphatic rings. The summed E-state index contributed by atoms with van der Waals surface area (Å²) in [7, 11) is 2.10. The van der Waals surface area contributed by atoms with Crippen molar-refractivity contribution in [2.75, 3.05) is 20.1 Å². The minimum atomic E-state index is -0.833. The van der Waals surface area contributed by atoms with Crippen LogP contribution >= 0.6 is 0 Å². The van der Waals surface area contributed by atoms with Gasteiger partial charge in [-0.3, -0.25) is 0 Å². The summed E-state index contributed by atoms with van der Waals surface area (Å²) < 4.78 is 14.4. The van der Waals surface area contributed by atoms with Gasteiger partial charge in [0, 0.05) is 6.04 Å². The number of benzene rings is 1. The van der Waals surface area contributed by atoms with Gasteiger partial charge in [-0.05, 0) is 56.9 Å². The Bertz CT molecular complexity index is 367. The lowest BCUT2D eigenvalue weighted by Gasteiger charge is -2.31. The van der Waals surface area contributed by atoms with Crippen LogP contribution in [-0.2, 0) is 0 Å². The van der Waals surface area contributed by atoms with Crippen LogP contribution in [-0.4, -0.2) is 25.0 Å². The third-order valence-electron chi connectivity index (χ3n) is 3.96. The Morgan fingerprint density at radius 1 is 1.17 bits per heavy atom. The Balaban J connectivity index is 2.02. The van der Waals surface area contributed by atoms with Gasteiger partial charge in [0.1, 0.15) is 6.17 Å². The summed E-state index contributed by atoms with van der Waals surface area (Å²) in [5.41, 5.74) is 7.66. The summed E-state index contributed by atoms with van der Waals surface area (Å²) in [5, 5.41) is 0. The Morgan fingerprint density at radius 2 is 1.67 bits per heavy atom. The van der Waals surface area contributed by atoms with E-state index in [4.69, 9.17) is 5.73 Å². The Labute approximate surface area is 109 Å². The first-order chi connectivity index (χ1) is 8.58. The van der Waals surface area contributed by atoms with E-state index in [9.17, 15) is 4.39 Å². The molecule has 2 N–H and O–H groups in total.